The molecule has 2 N–H and O–H groups in total. The lowest BCUT2D eigenvalue weighted by Crippen LogP contribution is -2.40. The molecule has 2 aromatic rings. The van der Waals surface area contributed by atoms with Crippen molar-refractivity contribution in [3.8, 4) is 0 Å². The summed E-state index contributed by atoms with van der Waals surface area (Å²) in [6, 6.07) is 11.3. The second kappa shape index (κ2) is 9.28. The zero-order valence-electron chi connectivity index (χ0n) is 15.4. The number of hydrogen-bond acceptors (Lipinski definition) is 3. The van der Waals surface area contributed by atoms with Gasteiger partial charge in [0.05, 0.1) is 19.3 Å². The van der Waals surface area contributed by atoms with E-state index in [2.05, 4.69) is 10.6 Å². The summed E-state index contributed by atoms with van der Waals surface area (Å²) in [4.78, 5) is 26.7. The molecule has 1 aliphatic heterocycles. The Morgan fingerprint density at radius 1 is 1.11 bits per heavy atom. The molecule has 0 radical (unpaired) electrons. The standard InChI is InChI=1S/C20H21Cl2N3O3/c1-13(17-6-5-15(21)12-18(17)22)23-20(27)24-16-4-2-3-14(11-16)19(26)25-7-9-28-10-8-25/h2-6,11-13H,7-10H2,1H3,(H2,23,24,27). The molecule has 0 spiro atoms. The van der Waals surface area contributed by atoms with Gasteiger partial charge in [0.2, 0.25) is 0 Å². The zero-order valence-corrected chi connectivity index (χ0v) is 16.9. The predicted octanol–water partition coefficient (Wildman–Crippen LogP) is 4.35. The lowest BCUT2D eigenvalue weighted by atomic mass is 10.1. The van der Waals surface area contributed by atoms with Crippen LogP contribution in [0.2, 0.25) is 10.0 Å². The number of halogens is 2. The van der Waals surface area contributed by atoms with Crippen molar-refractivity contribution in [3.05, 3.63) is 63.6 Å². The van der Waals surface area contributed by atoms with Crippen molar-refractivity contribution in [1.29, 1.82) is 0 Å². The molecule has 148 valence electrons. The molecule has 1 heterocycles. The van der Waals surface area contributed by atoms with Crippen molar-refractivity contribution in [3.63, 3.8) is 0 Å². The van der Waals surface area contributed by atoms with Crippen LogP contribution in [0.5, 0.6) is 0 Å². The normalized spacial score (nSPS) is 15.0. The maximum Gasteiger partial charge on any atom is 0.319 e. The number of morpholine rings is 1. The maximum absolute atomic E-state index is 12.6. The van der Waals surface area contributed by atoms with Crippen molar-refractivity contribution in [2.45, 2.75) is 13.0 Å². The van der Waals surface area contributed by atoms with E-state index in [1.165, 1.54) is 0 Å². The van der Waals surface area contributed by atoms with E-state index in [1.54, 1.807) is 47.4 Å². The van der Waals surface area contributed by atoms with E-state index in [9.17, 15) is 9.59 Å². The zero-order chi connectivity index (χ0) is 20.1. The third-order valence-electron chi connectivity index (χ3n) is 4.44. The molecule has 8 heteroatoms. The summed E-state index contributed by atoms with van der Waals surface area (Å²) in [6.07, 6.45) is 0. The van der Waals surface area contributed by atoms with E-state index in [1.807, 2.05) is 6.92 Å². The minimum absolute atomic E-state index is 0.0753. The van der Waals surface area contributed by atoms with E-state index in [-0.39, 0.29) is 11.9 Å². The van der Waals surface area contributed by atoms with Crippen molar-refractivity contribution >= 4 is 40.8 Å². The van der Waals surface area contributed by atoms with Gasteiger partial charge in [-0.05, 0) is 42.8 Å². The van der Waals surface area contributed by atoms with Crippen molar-refractivity contribution in [1.82, 2.24) is 10.2 Å². The number of carbonyl (C=O) groups excluding carboxylic acids is 2. The van der Waals surface area contributed by atoms with Gasteiger partial charge in [-0.3, -0.25) is 4.79 Å². The Labute approximate surface area is 173 Å². The number of amides is 3. The predicted molar refractivity (Wildman–Crippen MR) is 110 cm³/mol. The van der Waals surface area contributed by atoms with E-state index < -0.39 is 6.03 Å². The van der Waals surface area contributed by atoms with Gasteiger partial charge in [-0.25, -0.2) is 4.79 Å². The van der Waals surface area contributed by atoms with E-state index in [4.69, 9.17) is 27.9 Å². The molecule has 0 bridgehead atoms. The topological polar surface area (TPSA) is 70.7 Å². The van der Waals surface area contributed by atoms with Crippen LogP contribution in [0.4, 0.5) is 10.5 Å². The van der Waals surface area contributed by atoms with Crippen LogP contribution in [0.15, 0.2) is 42.5 Å². The number of anilines is 1. The first kappa shape index (κ1) is 20.5. The molecule has 2 aromatic carbocycles. The molecule has 1 unspecified atom stereocenters. The first-order chi connectivity index (χ1) is 13.4. The maximum atomic E-state index is 12.6. The number of ether oxygens (including phenoxy) is 1. The minimum atomic E-state index is -0.394. The van der Waals surface area contributed by atoms with Gasteiger partial charge in [0.25, 0.3) is 5.91 Å². The molecule has 1 saturated heterocycles. The van der Waals surface area contributed by atoms with Crippen LogP contribution < -0.4 is 10.6 Å². The molecule has 3 rings (SSSR count). The van der Waals surface area contributed by atoms with Crippen LogP contribution in [0.25, 0.3) is 0 Å². The Kier molecular flexibility index (Phi) is 6.78. The molecular weight excluding hydrogens is 401 g/mol. The summed E-state index contributed by atoms with van der Waals surface area (Å²) in [6.45, 7) is 4.04. The van der Waals surface area contributed by atoms with E-state index >= 15 is 0 Å². The smallest absolute Gasteiger partial charge is 0.319 e. The summed E-state index contributed by atoms with van der Waals surface area (Å²) >= 11 is 12.1. The molecule has 28 heavy (non-hydrogen) atoms. The number of benzene rings is 2. The van der Waals surface area contributed by atoms with Gasteiger partial charge in [-0.2, -0.15) is 0 Å². The Morgan fingerprint density at radius 2 is 1.86 bits per heavy atom. The SMILES string of the molecule is CC(NC(=O)Nc1cccc(C(=O)N2CCOCC2)c1)c1ccc(Cl)cc1Cl. The third-order valence-corrected chi connectivity index (χ3v) is 5.00. The van der Waals surface area contributed by atoms with Gasteiger partial charge in [0.1, 0.15) is 0 Å². The van der Waals surface area contributed by atoms with Gasteiger partial charge >= 0.3 is 6.03 Å². The van der Waals surface area contributed by atoms with Crippen molar-refractivity contribution in [2.75, 3.05) is 31.6 Å². The van der Waals surface area contributed by atoms with Crippen LogP contribution in [-0.4, -0.2) is 43.1 Å². The lowest BCUT2D eigenvalue weighted by Gasteiger charge is -2.27. The van der Waals surface area contributed by atoms with Crippen LogP contribution >= 0.6 is 23.2 Å². The summed E-state index contributed by atoms with van der Waals surface area (Å²) in [5.74, 6) is -0.0753. The molecule has 1 fully saturated rings. The van der Waals surface area contributed by atoms with Crippen LogP contribution in [0.3, 0.4) is 0 Å². The number of hydrogen-bond donors (Lipinski definition) is 2. The largest absolute Gasteiger partial charge is 0.378 e. The van der Waals surface area contributed by atoms with Gasteiger partial charge < -0.3 is 20.3 Å². The summed E-state index contributed by atoms with van der Waals surface area (Å²) in [5, 5.41) is 6.60. The quantitative estimate of drug-likeness (QED) is 0.770. The first-order valence-corrected chi connectivity index (χ1v) is 9.69. The minimum Gasteiger partial charge on any atom is -0.378 e. The highest BCUT2D eigenvalue weighted by Gasteiger charge is 2.19. The Hall–Kier alpha value is -2.28. The Morgan fingerprint density at radius 3 is 2.57 bits per heavy atom. The number of urea groups is 1. The average Bonchev–Trinajstić information content (AvgIpc) is 2.68. The average molecular weight is 422 g/mol. The molecule has 1 aliphatic rings. The fourth-order valence-corrected chi connectivity index (χ4v) is 3.55. The highest BCUT2D eigenvalue weighted by atomic mass is 35.5. The molecule has 3 amide bonds. The number of nitrogens with zero attached hydrogens (tertiary/aromatic N) is 1. The lowest BCUT2D eigenvalue weighted by molar-refractivity contribution is 0.0303. The molecule has 0 aromatic heterocycles. The number of carbonyl (C=O) groups is 2. The van der Waals surface area contributed by atoms with E-state index in [0.717, 1.165) is 5.56 Å². The fourth-order valence-electron chi connectivity index (χ4n) is 2.97. The van der Waals surface area contributed by atoms with Crippen LogP contribution in [0, 0.1) is 0 Å². The van der Waals surface area contributed by atoms with E-state index in [0.29, 0.717) is 47.6 Å². The summed E-state index contributed by atoms with van der Waals surface area (Å²) < 4.78 is 5.27. The van der Waals surface area contributed by atoms with Crippen LogP contribution in [-0.2, 0) is 4.74 Å². The van der Waals surface area contributed by atoms with Gasteiger partial charge in [0, 0.05) is 34.4 Å². The molecule has 0 aliphatic carbocycles. The van der Waals surface area contributed by atoms with Gasteiger partial charge in [0.15, 0.2) is 0 Å². The van der Waals surface area contributed by atoms with Crippen LogP contribution in [0.1, 0.15) is 28.9 Å². The number of rotatable bonds is 4. The Balaban J connectivity index is 1.63. The molecular formula is C20H21Cl2N3O3. The number of nitrogens with one attached hydrogen (secondary N) is 2. The fraction of sp³-hybridized carbons (Fsp3) is 0.300. The van der Waals surface area contributed by atoms with Crippen molar-refractivity contribution < 1.29 is 14.3 Å². The third kappa shape index (κ3) is 5.16. The van der Waals surface area contributed by atoms with Crippen molar-refractivity contribution in [2.24, 2.45) is 0 Å². The Bertz CT molecular complexity index is 870. The molecule has 6 nitrogen and oxygen atoms in total. The highest BCUT2D eigenvalue weighted by Crippen LogP contribution is 2.26. The van der Waals surface area contributed by atoms with Gasteiger partial charge in [-0.15, -0.1) is 0 Å². The summed E-state index contributed by atoms with van der Waals surface area (Å²) in [7, 11) is 0. The molecule has 0 saturated carbocycles. The first-order valence-electron chi connectivity index (χ1n) is 8.93. The summed E-state index contributed by atoms with van der Waals surface area (Å²) in [5.41, 5.74) is 1.82. The molecule has 1 atom stereocenters. The second-order valence-electron chi connectivity index (χ2n) is 6.47. The monoisotopic (exact) mass is 421 g/mol. The second-order valence-corrected chi connectivity index (χ2v) is 7.31. The highest BCUT2D eigenvalue weighted by molar-refractivity contribution is 6.35. The van der Waals surface area contributed by atoms with Gasteiger partial charge in [-0.1, -0.05) is 35.3 Å².